The number of nitrogens with zero attached hydrogens (tertiary/aromatic N) is 1. The van der Waals surface area contributed by atoms with Gasteiger partial charge in [0.2, 0.25) is 5.91 Å². The third kappa shape index (κ3) is 2.62. The predicted octanol–water partition coefficient (Wildman–Crippen LogP) is 2.07. The second-order valence-electron chi connectivity index (χ2n) is 5.65. The van der Waals surface area contributed by atoms with Gasteiger partial charge < -0.3 is 15.3 Å². The van der Waals surface area contributed by atoms with E-state index in [0.29, 0.717) is 11.8 Å². The van der Waals surface area contributed by atoms with E-state index in [1.807, 2.05) is 18.2 Å². The third-order valence-electron chi connectivity index (χ3n) is 4.10. The zero-order chi connectivity index (χ0) is 15.7. The van der Waals surface area contributed by atoms with Gasteiger partial charge in [-0.1, -0.05) is 12.1 Å². The molecule has 1 aliphatic heterocycles. The number of aromatic hydroxyl groups is 1. The van der Waals surface area contributed by atoms with E-state index in [0.717, 1.165) is 36.0 Å². The first kappa shape index (κ1) is 14.4. The van der Waals surface area contributed by atoms with Gasteiger partial charge in [-0.25, -0.2) is 0 Å². The van der Waals surface area contributed by atoms with Crippen LogP contribution in [-0.2, 0) is 4.79 Å². The van der Waals surface area contributed by atoms with Crippen molar-refractivity contribution < 1.29 is 14.7 Å². The lowest BCUT2D eigenvalue weighted by atomic mass is 10.0. The molecule has 0 spiro atoms. The summed E-state index contributed by atoms with van der Waals surface area (Å²) in [6, 6.07) is 9.37. The minimum absolute atomic E-state index is 0.00260. The standard InChI is InChI=1S/C17H18N2O3/c1-11(21)18-13-6-7-19(9-13)14-4-2-12-3-5-17(22)16(10-20)15(12)8-14/h2-5,8,10,13,22H,6-7,9H2,1H3,(H,18,21). The molecule has 2 N–H and O–H groups in total. The first-order chi connectivity index (χ1) is 10.6. The molecule has 5 heteroatoms. The summed E-state index contributed by atoms with van der Waals surface area (Å²) in [5, 5.41) is 14.4. The minimum Gasteiger partial charge on any atom is -0.507 e. The van der Waals surface area contributed by atoms with Crippen LogP contribution in [-0.4, -0.2) is 36.4 Å². The van der Waals surface area contributed by atoms with Crippen LogP contribution in [0.25, 0.3) is 10.8 Å². The van der Waals surface area contributed by atoms with Gasteiger partial charge in [-0.3, -0.25) is 9.59 Å². The van der Waals surface area contributed by atoms with Gasteiger partial charge in [0.05, 0.1) is 5.56 Å². The lowest BCUT2D eigenvalue weighted by Gasteiger charge is -2.20. The van der Waals surface area contributed by atoms with Crippen molar-refractivity contribution in [3.8, 4) is 5.75 Å². The lowest BCUT2D eigenvalue weighted by molar-refractivity contribution is -0.119. The quantitative estimate of drug-likeness (QED) is 0.851. The van der Waals surface area contributed by atoms with Crippen molar-refractivity contribution in [2.24, 2.45) is 0 Å². The molecule has 0 saturated carbocycles. The summed E-state index contributed by atoms with van der Waals surface area (Å²) >= 11 is 0. The van der Waals surface area contributed by atoms with Crippen LogP contribution in [0, 0.1) is 0 Å². The molecule has 0 bridgehead atoms. The molecule has 1 saturated heterocycles. The number of phenols is 1. The fourth-order valence-electron chi connectivity index (χ4n) is 3.04. The number of carbonyl (C=O) groups is 2. The normalized spacial score (nSPS) is 17.7. The molecule has 1 heterocycles. The Morgan fingerprint density at radius 1 is 1.36 bits per heavy atom. The first-order valence-corrected chi connectivity index (χ1v) is 7.31. The highest BCUT2D eigenvalue weighted by Gasteiger charge is 2.23. The Kier molecular flexibility index (Phi) is 3.71. The fourth-order valence-corrected chi connectivity index (χ4v) is 3.04. The van der Waals surface area contributed by atoms with Gasteiger partial charge in [0.1, 0.15) is 5.75 Å². The molecule has 0 radical (unpaired) electrons. The number of rotatable bonds is 3. The monoisotopic (exact) mass is 298 g/mol. The van der Waals surface area contributed by atoms with Crippen LogP contribution in [0.5, 0.6) is 5.75 Å². The van der Waals surface area contributed by atoms with E-state index in [1.165, 1.54) is 13.0 Å². The number of benzene rings is 2. The summed E-state index contributed by atoms with van der Waals surface area (Å²) in [6.07, 6.45) is 1.59. The number of phenolic OH excluding ortho intramolecular Hbond substituents is 1. The van der Waals surface area contributed by atoms with Gasteiger partial charge >= 0.3 is 0 Å². The zero-order valence-corrected chi connectivity index (χ0v) is 12.4. The van der Waals surface area contributed by atoms with Gasteiger partial charge in [0, 0.05) is 31.7 Å². The van der Waals surface area contributed by atoms with E-state index in [1.54, 1.807) is 6.07 Å². The molecule has 22 heavy (non-hydrogen) atoms. The third-order valence-corrected chi connectivity index (χ3v) is 4.10. The Morgan fingerprint density at radius 2 is 2.14 bits per heavy atom. The maximum absolute atomic E-state index is 11.2. The molecule has 1 atom stereocenters. The largest absolute Gasteiger partial charge is 0.507 e. The smallest absolute Gasteiger partial charge is 0.217 e. The van der Waals surface area contributed by atoms with E-state index in [-0.39, 0.29) is 17.7 Å². The van der Waals surface area contributed by atoms with E-state index in [4.69, 9.17) is 0 Å². The van der Waals surface area contributed by atoms with E-state index in [2.05, 4.69) is 10.2 Å². The number of hydrogen-bond donors (Lipinski definition) is 2. The molecule has 1 aliphatic rings. The molecule has 1 unspecified atom stereocenters. The topological polar surface area (TPSA) is 69.6 Å². The number of amides is 1. The molecule has 2 aromatic rings. The molecule has 3 rings (SSSR count). The van der Waals surface area contributed by atoms with E-state index < -0.39 is 0 Å². The number of hydrogen-bond acceptors (Lipinski definition) is 4. The zero-order valence-electron chi connectivity index (χ0n) is 12.4. The average molecular weight is 298 g/mol. The number of carbonyl (C=O) groups excluding carboxylic acids is 2. The Morgan fingerprint density at radius 3 is 2.86 bits per heavy atom. The number of fused-ring (bicyclic) bond motifs is 1. The molecule has 2 aromatic carbocycles. The van der Waals surface area contributed by atoms with Gasteiger partial charge in [-0.15, -0.1) is 0 Å². The van der Waals surface area contributed by atoms with Gasteiger partial charge in [-0.05, 0) is 35.4 Å². The highest BCUT2D eigenvalue weighted by molar-refractivity contribution is 6.02. The van der Waals surface area contributed by atoms with Gasteiger partial charge in [0.15, 0.2) is 6.29 Å². The first-order valence-electron chi connectivity index (χ1n) is 7.31. The fraction of sp³-hybridized carbons (Fsp3) is 0.294. The molecule has 1 amide bonds. The Hall–Kier alpha value is -2.56. The molecule has 0 aliphatic carbocycles. The second-order valence-corrected chi connectivity index (χ2v) is 5.65. The van der Waals surface area contributed by atoms with Crippen molar-refractivity contribution in [2.45, 2.75) is 19.4 Å². The van der Waals surface area contributed by atoms with Crippen molar-refractivity contribution in [3.63, 3.8) is 0 Å². The molecule has 114 valence electrons. The summed E-state index contributed by atoms with van der Waals surface area (Å²) < 4.78 is 0. The van der Waals surface area contributed by atoms with Crippen LogP contribution in [0.1, 0.15) is 23.7 Å². The summed E-state index contributed by atoms with van der Waals surface area (Å²) in [5.74, 6) is -0.0179. The molecule has 0 aromatic heterocycles. The molecular formula is C17H18N2O3. The van der Waals surface area contributed by atoms with Gasteiger partial charge in [-0.2, -0.15) is 0 Å². The second kappa shape index (κ2) is 5.67. The molecule has 1 fully saturated rings. The average Bonchev–Trinajstić information content (AvgIpc) is 2.94. The SMILES string of the molecule is CC(=O)NC1CCN(c2ccc3ccc(O)c(C=O)c3c2)C1. The lowest BCUT2D eigenvalue weighted by Crippen LogP contribution is -2.35. The van der Waals surface area contributed by atoms with Crippen molar-refractivity contribution in [1.82, 2.24) is 5.32 Å². The number of nitrogens with one attached hydrogen (secondary N) is 1. The van der Waals surface area contributed by atoms with Crippen molar-refractivity contribution in [3.05, 3.63) is 35.9 Å². The minimum atomic E-state index is -0.0153. The Balaban J connectivity index is 1.92. The number of anilines is 1. The molecule has 5 nitrogen and oxygen atoms in total. The van der Waals surface area contributed by atoms with Crippen LogP contribution in [0.2, 0.25) is 0 Å². The van der Waals surface area contributed by atoms with Gasteiger partial charge in [0.25, 0.3) is 0 Å². The van der Waals surface area contributed by atoms with E-state index in [9.17, 15) is 14.7 Å². The maximum Gasteiger partial charge on any atom is 0.217 e. The summed E-state index contributed by atoms with van der Waals surface area (Å²) in [6.45, 7) is 3.13. The van der Waals surface area contributed by atoms with Crippen LogP contribution < -0.4 is 10.2 Å². The Labute approximate surface area is 128 Å². The van der Waals surface area contributed by atoms with E-state index >= 15 is 0 Å². The van der Waals surface area contributed by atoms with Crippen LogP contribution >= 0.6 is 0 Å². The highest BCUT2D eigenvalue weighted by atomic mass is 16.3. The van der Waals surface area contributed by atoms with Crippen molar-refractivity contribution in [1.29, 1.82) is 0 Å². The predicted molar refractivity (Wildman–Crippen MR) is 85.4 cm³/mol. The highest BCUT2D eigenvalue weighted by Crippen LogP contribution is 2.30. The summed E-state index contributed by atoms with van der Waals surface area (Å²) in [4.78, 5) is 24.5. The molecular weight excluding hydrogens is 280 g/mol. The Bertz CT molecular complexity index is 742. The van der Waals surface area contributed by atoms with Crippen molar-refractivity contribution in [2.75, 3.05) is 18.0 Å². The number of aldehydes is 1. The summed E-state index contributed by atoms with van der Waals surface area (Å²) in [5.41, 5.74) is 1.31. The van der Waals surface area contributed by atoms with Crippen LogP contribution in [0.15, 0.2) is 30.3 Å². The maximum atomic E-state index is 11.2. The van der Waals surface area contributed by atoms with Crippen LogP contribution in [0.4, 0.5) is 5.69 Å². The summed E-state index contributed by atoms with van der Waals surface area (Å²) in [7, 11) is 0. The van der Waals surface area contributed by atoms with Crippen molar-refractivity contribution >= 4 is 28.7 Å². The van der Waals surface area contributed by atoms with Crippen LogP contribution in [0.3, 0.4) is 0 Å².